The molecule has 14 heavy (non-hydrogen) atoms. The summed E-state index contributed by atoms with van der Waals surface area (Å²) in [6.45, 7) is -4.60. The lowest BCUT2D eigenvalue weighted by atomic mass is 9.91. The molecule has 0 aromatic carbocycles. The summed E-state index contributed by atoms with van der Waals surface area (Å²) >= 11 is 0. The average molecular weight is 201 g/mol. The summed E-state index contributed by atoms with van der Waals surface area (Å²) in [5.41, 5.74) is 6.36. The molecule has 2 N–H and O–H groups in total. The van der Waals surface area contributed by atoms with Crippen molar-refractivity contribution in [3.8, 4) is 0 Å². The van der Waals surface area contributed by atoms with E-state index in [2.05, 4.69) is 4.98 Å². The number of rotatable bonds is 3. The molecule has 0 saturated carbocycles. The van der Waals surface area contributed by atoms with Gasteiger partial charge in [0.15, 0.2) is 0 Å². The molecule has 1 rings (SSSR count). The van der Waals surface area contributed by atoms with Crippen molar-refractivity contribution in [2.24, 2.45) is 5.73 Å². The molecule has 0 bridgehead atoms. The Kier molecular flexibility index (Phi) is 3.30. The Balaban J connectivity index is 2.82. The summed E-state index contributed by atoms with van der Waals surface area (Å²) in [5.74, 6) is 0.211. The Labute approximate surface area is 79.7 Å². The van der Waals surface area contributed by atoms with Gasteiger partial charge in [-0.25, -0.2) is 0 Å². The highest BCUT2D eigenvalue weighted by Gasteiger charge is 2.16. The summed E-state index contributed by atoms with van der Waals surface area (Å²) < 4.78 is 35.5. The van der Waals surface area contributed by atoms with Crippen LogP contribution in [0.4, 0.5) is 12.9 Å². The van der Waals surface area contributed by atoms with Gasteiger partial charge in [-0.05, 0) is 17.7 Å². The number of nitrogens with two attached hydrogens (primary N) is 1. The monoisotopic (exact) mass is 201 g/mol. The molecular weight excluding hydrogens is 192 g/mol. The third-order valence-electron chi connectivity index (χ3n) is 1.57. The molecule has 0 amide bonds. The fourth-order valence-corrected chi connectivity index (χ4v) is 0.920. The van der Waals surface area contributed by atoms with Crippen LogP contribution in [-0.2, 0) is 6.54 Å². The number of aromatic nitrogens is 1. The summed E-state index contributed by atoms with van der Waals surface area (Å²) in [6.07, 6.45) is 2.38. The molecular formula is C8H9BF3N2-. The minimum Gasteiger partial charge on any atom is -0.445 e. The number of hydrogen-bond donors (Lipinski definition) is 1. The Morgan fingerprint density at radius 3 is 2.71 bits per heavy atom. The van der Waals surface area contributed by atoms with E-state index in [1.807, 2.05) is 0 Å². The summed E-state index contributed by atoms with van der Waals surface area (Å²) in [4.78, 5) is 3.76. The normalized spacial score (nSPS) is 12.3. The molecule has 0 unspecified atom stereocenters. The van der Waals surface area contributed by atoms with E-state index >= 15 is 0 Å². The van der Waals surface area contributed by atoms with Gasteiger partial charge < -0.3 is 18.7 Å². The van der Waals surface area contributed by atoms with Crippen LogP contribution in [0.3, 0.4) is 0 Å². The molecule has 0 aliphatic rings. The summed E-state index contributed by atoms with van der Waals surface area (Å²) in [7, 11) is 0. The van der Waals surface area contributed by atoms with Crippen LogP contribution < -0.4 is 5.73 Å². The zero-order valence-electron chi connectivity index (χ0n) is 7.33. The molecule has 0 fully saturated rings. The first-order valence-corrected chi connectivity index (χ1v) is 4.05. The first-order chi connectivity index (χ1) is 6.51. The fourth-order valence-electron chi connectivity index (χ4n) is 0.920. The maximum Gasteiger partial charge on any atom is 0.502 e. The van der Waals surface area contributed by atoms with Crippen LogP contribution in [0.1, 0.15) is 11.3 Å². The van der Waals surface area contributed by atoms with Gasteiger partial charge in [-0.3, -0.25) is 4.98 Å². The van der Waals surface area contributed by atoms with Crippen molar-refractivity contribution in [1.29, 1.82) is 0 Å². The van der Waals surface area contributed by atoms with Gasteiger partial charge in [0.2, 0.25) is 0 Å². The molecule has 2 nitrogen and oxygen atoms in total. The highest BCUT2D eigenvalue weighted by Crippen LogP contribution is 2.12. The smallest absolute Gasteiger partial charge is 0.445 e. The van der Waals surface area contributed by atoms with Crippen LogP contribution >= 0.6 is 0 Å². The van der Waals surface area contributed by atoms with Gasteiger partial charge in [0.25, 0.3) is 0 Å². The van der Waals surface area contributed by atoms with Crippen LogP contribution in [0.5, 0.6) is 0 Å². The van der Waals surface area contributed by atoms with Crippen LogP contribution in [0.2, 0.25) is 0 Å². The molecule has 1 aromatic heterocycles. The molecule has 0 atom stereocenters. The maximum absolute atomic E-state index is 11.8. The molecule has 0 saturated heterocycles. The predicted octanol–water partition coefficient (Wildman–Crippen LogP) is 1.94. The molecule has 6 heteroatoms. The Hall–Kier alpha value is -1.30. The largest absolute Gasteiger partial charge is 0.502 e. The standard InChI is InChI=1S/C8H9BF3N2/c10-9(11,12)3-1-8-5-7(6-13)2-4-14-8/h1-5H,6,13H2/q-1/b3-1+. The van der Waals surface area contributed by atoms with Gasteiger partial charge in [0, 0.05) is 12.7 Å². The van der Waals surface area contributed by atoms with E-state index in [9.17, 15) is 12.9 Å². The topological polar surface area (TPSA) is 38.9 Å². The van der Waals surface area contributed by atoms with Gasteiger partial charge in [0.05, 0.1) is 5.69 Å². The first kappa shape index (κ1) is 10.8. The van der Waals surface area contributed by atoms with Gasteiger partial charge >= 0.3 is 6.98 Å². The maximum atomic E-state index is 11.8. The minimum absolute atomic E-state index is 0.211. The SMILES string of the molecule is NCc1ccnc(/C=C/[B-](F)(F)F)c1. The zero-order valence-corrected chi connectivity index (χ0v) is 7.33. The van der Waals surface area contributed by atoms with Crippen molar-refractivity contribution >= 4 is 13.1 Å². The summed E-state index contributed by atoms with van der Waals surface area (Å²) in [6, 6.07) is 3.19. The van der Waals surface area contributed by atoms with Crippen LogP contribution in [0.25, 0.3) is 6.08 Å². The minimum atomic E-state index is -4.90. The molecule has 1 heterocycles. The van der Waals surface area contributed by atoms with E-state index in [1.165, 1.54) is 12.3 Å². The van der Waals surface area contributed by atoms with Crippen molar-refractivity contribution in [1.82, 2.24) is 4.98 Å². The lowest BCUT2D eigenvalue weighted by molar-refractivity contribution is 0.499. The number of nitrogens with zero attached hydrogens (tertiary/aromatic N) is 1. The van der Waals surface area contributed by atoms with E-state index in [-0.39, 0.29) is 11.7 Å². The molecule has 0 radical (unpaired) electrons. The number of hydrogen-bond acceptors (Lipinski definition) is 2. The van der Waals surface area contributed by atoms with Crippen molar-refractivity contribution in [3.63, 3.8) is 0 Å². The van der Waals surface area contributed by atoms with Gasteiger partial charge in [-0.1, -0.05) is 6.08 Å². The molecule has 0 aliphatic carbocycles. The lowest BCUT2D eigenvalue weighted by Crippen LogP contribution is -2.09. The average Bonchev–Trinajstić information content (AvgIpc) is 2.14. The van der Waals surface area contributed by atoms with Crippen molar-refractivity contribution in [3.05, 3.63) is 35.6 Å². The van der Waals surface area contributed by atoms with Gasteiger partial charge in [-0.15, -0.1) is 5.98 Å². The van der Waals surface area contributed by atoms with Crippen LogP contribution in [-0.4, -0.2) is 12.0 Å². The Morgan fingerprint density at radius 2 is 2.14 bits per heavy atom. The number of halogens is 3. The Morgan fingerprint density at radius 1 is 1.43 bits per heavy atom. The highest BCUT2D eigenvalue weighted by atomic mass is 19.4. The van der Waals surface area contributed by atoms with Gasteiger partial charge in [0.1, 0.15) is 0 Å². The van der Waals surface area contributed by atoms with Gasteiger partial charge in [-0.2, -0.15) is 0 Å². The summed E-state index contributed by atoms with van der Waals surface area (Å²) in [5, 5.41) is 0. The third kappa shape index (κ3) is 3.61. The lowest BCUT2D eigenvalue weighted by Gasteiger charge is -2.06. The molecule has 1 aromatic rings. The van der Waals surface area contributed by atoms with Crippen molar-refractivity contribution < 1.29 is 12.9 Å². The highest BCUT2D eigenvalue weighted by molar-refractivity contribution is 6.64. The second-order valence-electron chi connectivity index (χ2n) is 2.78. The predicted molar refractivity (Wildman–Crippen MR) is 50.2 cm³/mol. The van der Waals surface area contributed by atoms with Crippen molar-refractivity contribution in [2.45, 2.75) is 6.54 Å². The van der Waals surface area contributed by atoms with Crippen LogP contribution in [0.15, 0.2) is 24.3 Å². The van der Waals surface area contributed by atoms with E-state index in [0.29, 0.717) is 6.54 Å². The second-order valence-corrected chi connectivity index (χ2v) is 2.78. The van der Waals surface area contributed by atoms with E-state index in [0.717, 1.165) is 11.6 Å². The zero-order chi connectivity index (χ0) is 10.6. The van der Waals surface area contributed by atoms with E-state index in [4.69, 9.17) is 5.73 Å². The molecule has 0 spiro atoms. The second kappa shape index (κ2) is 4.28. The third-order valence-corrected chi connectivity index (χ3v) is 1.57. The van der Waals surface area contributed by atoms with Crippen LogP contribution in [0, 0.1) is 0 Å². The Bertz CT molecular complexity index is 336. The van der Waals surface area contributed by atoms with E-state index < -0.39 is 6.98 Å². The number of pyridine rings is 1. The quantitative estimate of drug-likeness (QED) is 0.758. The molecule has 76 valence electrons. The molecule has 0 aliphatic heterocycles. The van der Waals surface area contributed by atoms with Crippen molar-refractivity contribution in [2.75, 3.05) is 0 Å². The first-order valence-electron chi connectivity index (χ1n) is 4.05. The fraction of sp³-hybridized carbons (Fsp3) is 0.125. The van der Waals surface area contributed by atoms with E-state index in [1.54, 1.807) is 6.07 Å².